The van der Waals surface area contributed by atoms with Crippen LogP contribution in [0.2, 0.25) is 0 Å². The van der Waals surface area contributed by atoms with Gasteiger partial charge in [0, 0.05) is 13.2 Å². The highest BCUT2D eigenvalue weighted by atomic mass is 16.5. The molecule has 3 atom stereocenters. The molecular formula is C13H23NO3. The Morgan fingerprint density at radius 3 is 2.59 bits per heavy atom. The van der Waals surface area contributed by atoms with Gasteiger partial charge in [0.05, 0.1) is 12.7 Å². The minimum absolute atomic E-state index is 0.00648. The standard InChI is InChI=1S/C13H23NO3/c1-5-11(14)13(17-10(3)8-15-4)12-7-6-9(2)16-12/h6-7,10-11,13H,5,8,14H2,1-4H3. The SMILES string of the molecule is CCC(N)C(OC(C)COC)c1ccc(C)o1. The highest BCUT2D eigenvalue weighted by molar-refractivity contribution is 5.10. The molecule has 1 rings (SSSR count). The molecule has 0 fully saturated rings. The summed E-state index contributed by atoms with van der Waals surface area (Å²) in [5.74, 6) is 1.66. The van der Waals surface area contributed by atoms with E-state index in [1.54, 1.807) is 7.11 Å². The van der Waals surface area contributed by atoms with Gasteiger partial charge in [0.15, 0.2) is 0 Å². The number of ether oxygens (including phenoxy) is 2. The molecule has 0 bridgehead atoms. The first-order valence-corrected chi connectivity index (χ1v) is 6.04. The number of nitrogens with two attached hydrogens (primary N) is 1. The monoisotopic (exact) mass is 241 g/mol. The summed E-state index contributed by atoms with van der Waals surface area (Å²) in [6.07, 6.45) is 0.622. The molecular weight excluding hydrogens is 218 g/mol. The van der Waals surface area contributed by atoms with Crippen LogP contribution in [0.1, 0.15) is 37.9 Å². The Labute approximate surface area is 103 Å². The molecule has 3 unspecified atom stereocenters. The zero-order chi connectivity index (χ0) is 12.8. The third-order valence-corrected chi connectivity index (χ3v) is 2.68. The lowest BCUT2D eigenvalue weighted by Gasteiger charge is -2.25. The zero-order valence-electron chi connectivity index (χ0n) is 11.1. The van der Waals surface area contributed by atoms with E-state index in [1.165, 1.54) is 0 Å². The van der Waals surface area contributed by atoms with Crippen LogP contribution in [0.4, 0.5) is 0 Å². The normalized spacial score (nSPS) is 16.8. The van der Waals surface area contributed by atoms with E-state index in [2.05, 4.69) is 0 Å². The van der Waals surface area contributed by atoms with Gasteiger partial charge in [-0.15, -0.1) is 0 Å². The molecule has 0 aliphatic rings. The maximum absolute atomic E-state index is 6.08. The molecule has 0 radical (unpaired) electrons. The molecule has 17 heavy (non-hydrogen) atoms. The Morgan fingerprint density at radius 2 is 2.12 bits per heavy atom. The molecule has 0 spiro atoms. The smallest absolute Gasteiger partial charge is 0.134 e. The lowest BCUT2D eigenvalue weighted by atomic mass is 10.1. The fourth-order valence-corrected chi connectivity index (χ4v) is 1.72. The van der Waals surface area contributed by atoms with Gasteiger partial charge in [-0.25, -0.2) is 0 Å². The molecule has 1 aromatic rings. The number of hydrogen-bond donors (Lipinski definition) is 1. The minimum atomic E-state index is -0.209. The second kappa shape index (κ2) is 6.79. The van der Waals surface area contributed by atoms with Crippen molar-refractivity contribution in [3.8, 4) is 0 Å². The van der Waals surface area contributed by atoms with E-state index in [1.807, 2.05) is 32.9 Å². The molecule has 4 nitrogen and oxygen atoms in total. The number of hydrogen-bond acceptors (Lipinski definition) is 4. The Hall–Kier alpha value is -0.840. The Balaban J connectivity index is 2.74. The molecule has 2 N–H and O–H groups in total. The summed E-state index contributed by atoms with van der Waals surface area (Å²) in [7, 11) is 1.66. The second-order valence-corrected chi connectivity index (χ2v) is 4.34. The predicted octanol–water partition coefficient (Wildman–Crippen LogP) is 2.42. The third kappa shape index (κ3) is 4.15. The Kier molecular flexibility index (Phi) is 5.68. The summed E-state index contributed by atoms with van der Waals surface area (Å²) in [6, 6.07) is 3.78. The zero-order valence-corrected chi connectivity index (χ0v) is 11.1. The fraction of sp³-hybridized carbons (Fsp3) is 0.692. The van der Waals surface area contributed by atoms with Crippen molar-refractivity contribution in [1.82, 2.24) is 0 Å². The van der Waals surface area contributed by atoms with Crippen molar-refractivity contribution < 1.29 is 13.9 Å². The Bertz CT molecular complexity index is 324. The fourth-order valence-electron chi connectivity index (χ4n) is 1.72. The van der Waals surface area contributed by atoms with Gasteiger partial charge in [-0.3, -0.25) is 0 Å². The van der Waals surface area contributed by atoms with Gasteiger partial charge in [0.25, 0.3) is 0 Å². The van der Waals surface area contributed by atoms with Crippen molar-refractivity contribution in [3.05, 3.63) is 23.7 Å². The molecule has 0 aliphatic heterocycles. The van der Waals surface area contributed by atoms with Crippen LogP contribution < -0.4 is 5.73 Å². The van der Waals surface area contributed by atoms with Crippen molar-refractivity contribution in [3.63, 3.8) is 0 Å². The first kappa shape index (κ1) is 14.2. The highest BCUT2D eigenvalue weighted by Gasteiger charge is 2.24. The largest absolute Gasteiger partial charge is 0.464 e. The molecule has 0 aromatic carbocycles. The summed E-state index contributed by atoms with van der Waals surface area (Å²) in [5.41, 5.74) is 6.08. The lowest BCUT2D eigenvalue weighted by molar-refractivity contribution is -0.0591. The summed E-state index contributed by atoms with van der Waals surface area (Å²) in [5, 5.41) is 0. The quantitative estimate of drug-likeness (QED) is 0.796. The van der Waals surface area contributed by atoms with Crippen molar-refractivity contribution in [2.24, 2.45) is 5.73 Å². The van der Waals surface area contributed by atoms with Gasteiger partial charge in [-0.1, -0.05) is 6.92 Å². The van der Waals surface area contributed by atoms with E-state index in [-0.39, 0.29) is 18.2 Å². The second-order valence-electron chi connectivity index (χ2n) is 4.34. The summed E-state index contributed by atoms with van der Waals surface area (Å²) < 4.78 is 16.6. The van der Waals surface area contributed by atoms with E-state index < -0.39 is 0 Å². The van der Waals surface area contributed by atoms with Gasteiger partial charge in [-0.05, 0) is 32.4 Å². The number of methoxy groups -OCH3 is 1. The van der Waals surface area contributed by atoms with Crippen molar-refractivity contribution >= 4 is 0 Å². The van der Waals surface area contributed by atoms with E-state index in [0.717, 1.165) is 17.9 Å². The van der Waals surface area contributed by atoms with E-state index in [9.17, 15) is 0 Å². The van der Waals surface area contributed by atoms with Crippen LogP contribution in [0.5, 0.6) is 0 Å². The van der Waals surface area contributed by atoms with Crippen LogP contribution in [0, 0.1) is 6.92 Å². The predicted molar refractivity (Wildman–Crippen MR) is 66.9 cm³/mol. The molecule has 0 saturated carbocycles. The van der Waals surface area contributed by atoms with Gasteiger partial charge >= 0.3 is 0 Å². The highest BCUT2D eigenvalue weighted by Crippen LogP contribution is 2.25. The topological polar surface area (TPSA) is 57.6 Å². The van der Waals surface area contributed by atoms with Crippen LogP contribution in [-0.2, 0) is 9.47 Å². The van der Waals surface area contributed by atoms with Gasteiger partial charge < -0.3 is 19.6 Å². The van der Waals surface area contributed by atoms with Gasteiger partial charge in [0.1, 0.15) is 17.6 Å². The molecule has 0 amide bonds. The van der Waals surface area contributed by atoms with Gasteiger partial charge in [-0.2, -0.15) is 0 Å². The van der Waals surface area contributed by atoms with Crippen LogP contribution in [0.3, 0.4) is 0 Å². The first-order valence-electron chi connectivity index (χ1n) is 6.04. The van der Waals surface area contributed by atoms with Crippen LogP contribution >= 0.6 is 0 Å². The molecule has 1 heterocycles. The number of furan rings is 1. The summed E-state index contributed by atoms with van der Waals surface area (Å²) in [4.78, 5) is 0. The van der Waals surface area contributed by atoms with Crippen molar-refractivity contribution in [2.75, 3.05) is 13.7 Å². The van der Waals surface area contributed by atoms with E-state index in [0.29, 0.717) is 6.61 Å². The van der Waals surface area contributed by atoms with Crippen LogP contribution in [-0.4, -0.2) is 25.9 Å². The molecule has 0 aliphatic carbocycles. The maximum atomic E-state index is 6.08. The first-order chi connectivity index (χ1) is 8.08. The average Bonchev–Trinajstić information content (AvgIpc) is 2.72. The maximum Gasteiger partial charge on any atom is 0.134 e. The third-order valence-electron chi connectivity index (χ3n) is 2.68. The van der Waals surface area contributed by atoms with Crippen LogP contribution in [0.15, 0.2) is 16.5 Å². The molecule has 0 saturated heterocycles. The molecule has 4 heteroatoms. The average molecular weight is 241 g/mol. The van der Waals surface area contributed by atoms with E-state index in [4.69, 9.17) is 19.6 Å². The summed E-state index contributed by atoms with van der Waals surface area (Å²) in [6.45, 7) is 6.47. The lowest BCUT2D eigenvalue weighted by Crippen LogP contribution is -2.32. The number of aryl methyl sites for hydroxylation is 1. The molecule has 1 aromatic heterocycles. The Morgan fingerprint density at radius 1 is 1.41 bits per heavy atom. The van der Waals surface area contributed by atoms with Crippen LogP contribution in [0.25, 0.3) is 0 Å². The number of rotatable bonds is 7. The van der Waals surface area contributed by atoms with Crippen molar-refractivity contribution in [2.45, 2.75) is 45.4 Å². The molecule has 98 valence electrons. The summed E-state index contributed by atoms with van der Waals surface area (Å²) >= 11 is 0. The van der Waals surface area contributed by atoms with E-state index >= 15 is 0 Å². The van der Waals surface area contributed by atoms with Crippen molar-refractivity contribution in [1.29, 1.82) is 0 Å². The minimum Gasteiger partial charge on any atom is -0.464 e. The van der Waals surface area contributed by atoms with Gasteiger partial charge in [0.2, 0.25) is 0 Å².